The van der Waals surface area contributed by atoms with Gasteiger partial charge in [-0.3, -0.25) is 4.99 Å². The van der Waals surface area contributed by atoms with E-state index >= 15 is 0 Å². The molecule has 1 saturated heterocycles. The minimum atomic E-state index is 0.739. The SMILES string of the molecule is CCN1CCN(c2cc(CNC(=NC)NCCCc3ccccc3)ccn2)CC1. The normalized spacial score (nSPS) is 15.4. The van der Waals surface area contributed by atoms with Gasteiger partial charge < -0.3 is 20.4 Å². The van der Waals surface area contributed by atoms with Crippen LogP contribution in [0.15, 0.2) is 53.7 Å². The highest BCUT2D eigenvalue weighted by Crippen LogP contribution is 2.15. The molecule has 2 N–H and O–H groups in total. The summed E-state index contributed by atoms with van der Waals surface area (Å²) in [6.07, 6.45) is 4.06. The van der Waals surface area contributed by atoms with Crippen LogP contribution in [-0.4, -0.2) is 62.2 Å². The van der Waals surface area contributed by atoms with Crippen LogP contribution in [0.5, 0.6) is 0 Å². The first-order valence-corrected chi connectivity index (χ1v) is 10.7. The van der Waals surface area contributed by atoms with Crippen LogP contribution in [0, 0.1) is 0 Å². The van der Waals surface area contributed by atoms with Gasteiger partial charge in [0.15, 0.2) is 5.96 Å². The van der Waals surface area contributed by atoms with Crippen LogP contribution in [0.4, 0.5) is 5.82 Å². The second kappa shape index (κ2) is 11.4. The van der Waals surface area contributed by atoms with Gasteiger partial charge in [0, 0.05) is 52.5 Å². The number of aryl methyl sites for hydroxylation is 1. The van der Waals surface area contributed by atoms with Gasteiger partial charge in [-0.2, -0.15) is 0 Å². The third-order valence-corrected chi connectivity index (χ3v) is 5.41. The van der Waals surface area contributed by atoms with Crippen molar-refractivity contribution >= 4 is 11.8 Å². The summed E-state index contributed by atoms with van der Waals surface area (Å²) in [4.78, 5) is 13.8. The molecule has 0 aliphatic carbocycles. The van der Waals surface area contributed by atoms with Crippen LogP contribution in [-0.2, 0) is 13.0 Å². The molecule has 0 amide bonds. The summed E-state index contributed by atoms with van der Waals surface area (Å²) in [6.45, 7) is 9.30. The van der Waals surface area contributed by atoms with E-state index in [2.05, 4.69) is 79.8 Å². The quantitative estimate of drug-likeness (QED) is 0.409. The maximum Gasteiger partial charge on any atom is 0.191 e. The van der Waals surface area contributed by atoms with Gasteiger partial charge in [0.2, 0.25) is 0 Å². The van der Waals surface area contributed by atoms with Gasteiger partial charge in [0.1, 0.15) is 5.82 Å². The van der Waals surface area contributed by atoms with Crippen LogP contribution in [0.2, 0.25) is 0 Å². The highest BCUT2D eigenvalue weighted by Gasteiger charge is 2.16. The van der Waals surface area contributed by atoms with Crippen LogP contribution in [0.1, 0.15) is 24.5 Å². The van der Waals surface area contributed by atoms with Crippen LogP contribution >= 0.6 is 0 Å². The molecule has 0 saturated carbocycles. The van der Waals surface area contributed by atoms with E-state index in [1.165, 1.54) is 11.1 Å². The van der Waals surface area contributed by atoms with Gasteiger partial charge >= 0.3 is 0 Å². The molecule has 2 heterocycles. The molecule has 2 aromatic rings. The first kappa shape index (κ1) is 21.1. The molecule has 0 atom stereocenters. The maximum absolute atomic E-state index is 4.58. The van der Waals surface area contributed by atoms with E-state index in [4.69, 9.17) is 0 Å². The number of hydrogen-bond acceptors (Lipinski definition) is 4. The Morgan fingerprint density at radius 2 is 1.83 bits per heavy atom. The van der Waals surface area contributed by atoms with Crippen molar-refractivity contribution in [3.63, 3.8) is 0 Å². The molecule has 3 rings (SSSR count). The Labute approximate surface area is 175 Å². The molecule has 1 aromatic heterocycles. The molecule has 0 bridgehead atoms. The highest BCUT2D eigenvalue weighted by atomic mass is 15.3. The number of pyridine rings is 1. The van der Waals surface area contributed by atoms with E-state index in [9.17, 15) is 0 Å². The molecule has 0 unspecified atom stereocenters. The maximum atomic E-state index is 4.58. The molecule has 1 fully saturated rings. The Kier molecular flexibility index (Phi) is 8.31. The average molecular weight is 395 g/mol. The first-order valence-electron chi connectivity index (χ1n) is 10.7. The molecule has 1 aromatic carbocycles. The van der Waals surface area contributed by atoms with Crippen molar-refractivity contribution in [1.29, 1.82) is 0 Å². The predicted molar refractivity (Wildman–Crippen MR) is 122 cm³/mol. The third-order valence-electron chi connectivity index (χ3n) is 5.41. The Morgan fingerprint density at radius 3 is 2.55 bits per heavy atom. The van der Waals surface area contributed by atoms with E-state index in [1.54, 1.807) is 0 Å². The van der Waals surface area contributed by atoms with Gasteiger partial charge in [-0.15, -0.1) is 0 Å². The number of hydrogen-bond donors (Lipinski definition) is 2. The molecule has 6 nitrogen and oxygen atoms in total. The van der Waals surface area contributed by atoms with Crippen LogP contribution in [0.3, 0.4) is 0 Å². The minimum absolute atomic E-state index is 0.739. The predicted octanol–water partition coefficient (Wildman–Crippen LogP) is 2.52. The number of benzene rings is 1. The lowest BCUT2D eigenvalue weighted by Crippen LogP contribution is -2.46. The second-order valence-electron chi connectivity index (χ2n) is 7.39. The van der Waals surface area contributed by atoms with Crippen molar-refractivity contribution in [2.45, 2.75) is 26.3 Å². The van der Waals surface area contributed by atoms with Crippen LogP contribution in [0.25, 0.3) is 0 Å². The van der Waals surface area contributed by atoms with Crippen molar-refractivity contribution in [2.24, 2.45) is 4.99 Å². The topological polar surface area (TPSA) is 55.8 Å². The number of anilines is 1. The van der Waals surface area contributed by atoms with Crippen molar-refractivity contribution in [1.82, 2.24) is 20.5 Å². The first-order chi connectivity index (χ1) is 14.3. The number of nitrogens with one attached hydrogen (secondary N) is 2. The van der Waals surface area contributed by atoms with Crippen molar-refractivity contribution in [3.8, 4) is 0 Å². The minimum Gasteiger partial charge on any atom is -0.356 e. The van der Waals surface area contributed by atoms with Crippen LogP contribution < -0.4 is 15.5 Å². The molecular formula is C23H34N6. The fourth-order valence-electron chi connectivity index (χ4n) is 3.59. The summed E-state index contributed by atoms with van der Waals surface area (Å²) in [6, 6.07) is 14.9. The smallest absolute Gasteiger partial charge is 0.191 e. The van der Waals surface area contributed by atoms with E-state index < -0.39 is 0 Å². The van der Waals surface area contributed by atoms with E-state index in [0.717, 1.165) is 70.4 Å². The monoisotopic (exact) mass is 394 g/mol. The molecular weight excluding hydrogens is 360 g/mol. The molecule has 29 heavy (non-hydrogen) atoms. The summed E-state index contributed by atoms with van der Waals surface area (Å²) >= 11 is 0. The lowest BCUT2D eigenvalue weighted by atomic mass is 10.1. The number of guanidine groups is 1. The zero-order valence-electron chi connectivity index (χ0n) is 17.8. The molecule has 1 aliphatic rings. The standard InChI is InChI=1S/C23H34N6/c1-3-28-14-16-29(17-15-28)22-18-21(11-13-25-22)19-27-23(24-2)26-12-7-10-20-8-5-4-6-9-20/h4-6,8-9,11,13,18H,3,7,10,12,14-17,19H2,1-2H3,(H2,24,26,27). The number of piperazine rings is 1. The zero-order valence-corrected chi connectivity index (χ0v) is 17.8. The Hall–Kier alpha value is -2.60. The molecule has 6 heteroatoms. The summed E-state index contributed by atoms with van der Waals surface area (Å²) in [5.74, 6) is 1.92. The molecule has 1 aliphatic heterocycles. The Morgan fingerprint density at radius 1 is 1.03 bits per heavy atom. The van der Waals surface area contributed by atoms with Gasteiger partial charge in [-0.1, -0.05) is 37.3 Å². The summed E-state index contributed by atoms with van der Waals surface area (Å²) in [7, 11) is 1.82. The van der Waals surface area contributed by atoms with Gasteiger partial charge in [0.05, 0.1) is 0 Å². The van der Waals surface area contributed by atoms with E-state index in [-0.39, 0.29) is 0 Å². The number of likely N-dealkylation sites (N-methyl/N-ethyl adjacent to an activating group) is 1. The highest BCUT2D eigenvalue weighted by molar-refractivity contribution is 5.79. The Balaban J connectivity index is 1.42. The lowest BCUT2D eigenvalue weighted by molar-refractivity contribution is 0.270. The fraction of sp³-hybridized carbons (Fsp3) is 0.478. The summed E-state index contributed by atoms with van der Waals surface area (Å²) in [5, 5.41) is 6.82. The van der Waals surface area contributed by atoms with E-state index in [0.29, 0.717) is 0 Å². The summed E-state index contributed by atoms with van der Waals surface area (Å²) in [5.41, 5.74) is 2.60. The number of aromatic nitrogens is 1. The second-order valence-corrected chi connectivity index (χ2v) is 7.39. The number of nitrogens with zero attached hydrogens (tertiary/aromatic N) is 4. The average Bonchev–Trinajstić information content (AvgIpc) is 2.79. The van der Waals surface area contributed by atoms with Crippen molar-refractivity contribution < 1.29 is 0 Å². The number of aliphatic imine (C=N–C) groups is 1. The fourth-order valence-corrected chi connectivity index (χ4v) is 3.59. The van der Waals surface area contributed by atoms with E-state index in [1.807, 2.05) is 13.2 Å². The van der Waals surface area contributed by atoms with Crippen molar-refractivity contribution in [3.05, 3.63) is 59.8 Å². The summed E-state index contributed by atoms with van der Waals surface area (Å²) < 4.78 is 0. The molecule has 156 valence electrons. The van der Waals surface area contributed by atoms with Crippen molar-refractivity contribution in [2.75, 3.05) is 51.2 Å². The number of rotatable bonds is 8. The zero-order chi connectivity index (χ0) is 20.3. The molecule has 0 spiro atoms. The van der Waals surface area contributed by atoms with Gasteiger partial charge in [0.25, 0.3) is 0 Å². The largest absolute Gasteiger partial charge is 0.356 e. The lowest BCUT2D eigenvalue weighted by Gasteiger charge is -2.34. The van der Waals surface area contributed by atoms with Gasteiger partial charge in [-0.05, 0) is 42.6 Å². The Bertz CT molecular complexity index is 753. The van der Waals surface area contributed by atoms with Gasteiger partial charge in [-0.25, -0.2) is 4.98 Å². The third kappa shape index (κ3) is 6.75. The molecule has 0 radical (unpaired) electrons.